The molecule has 0 aromatic heterocycles. The third-order valence-corrected chi connectivity index (χ3v) is 3.62. The van der Waals surface area contributed by atoms with Crippen LogP contribution in [0.4, 0.5) is 5.69 Å². The second-order valence-electron chi connectivity index (χ2n) is 5.73. The highest BCUT2D eigenvalue weighted by atomic mass is 16.5. The first kappa shape index (κ1) is 17.3. The highest BCUT2D eigenvalue weighted by Crippen LogP contribution is 2.26. The average Bonchev–Trinajstić information content (AvgIpc) is 2.55. The van der Waals surface area contributed by atoms with Gasteiger partial charge < -0.3 is 15.8 Å². The van der Waals surface area contributed by atoms with Crippen LogP contribution in [0.25, 0.3) is 11.1 Å². The van der Waals surface area contributed by atoms with Gasteiger partial charge >= 0.3 is 0 Å². The quantitative estimate of drug-likeness (QED) is 0.638. The first-order valence-electron chi connectivity index (χ1n) is 7.63. The van der Waals surface area contributed by atoms with Crippen LogP contribution in [0.2, 0.25) is 0 Å². The number of hydrogen-bond donors (Lipinski definition) is 2. The topological polar surface area (TPSA) is 64.3 Å². The lowest BCUT2D eigenvalue weighted by atomic mass is 10.0. The van der Waals surface area contributed by atoms with Crippen molar-refractivity contribution in [3.63, 3.8) is 0 Å². The van der Waals surface area contributed by atoms with E-state index in [9.17, 15) is 4.79 Å². The number of carbonyl (C=O) groups excluding carboxylic acids is 1. The number of anilines is 1. The van der Waals surface area contributed by atoms with Gasteiger partial charge in [0, 0.05) is 11.3 Å². The SMILES string of the molecule is C=C(N)O/C=C(\C)C(=O)Nc1cc(-c2ccc(C)cc2)ccc1C. The maximum Gasteiger partial charge on any atom is 0.254 e. The Kier molecular flexibility index (Phi) is 5.42. The lowest BCUT2D eigenvalue weighted by Crippen LogP contribution is -2.14. The molecule has 0 fully saturated rings. The van der Waals surface area contributed by atoms with Gasteiger partial charge in [0.25, 0.3) is 5.91 Å². The fourth-order valence-electron chi connectivity index (χ4n) is 2.12. The molecule has 0 saturated carbocycles. The summed E-state index contributed by atoms with van der Waals surface area (Å²) >= 11 is 0. The van der Waals surface area contributed by atoms with Gasteiger partial charge in [-0.25, -0.2) is 0 Å². The Labute approximate surface area is 142 Å². The van der Waals surface area contributed by atoms with E-state index in [0.29, 0.717) is 5.57 Å². The lowest BCUT2D eigenvalue weighted by molar-refractivity contribution is -0.112. The molecule has 24 heavy (non-hydrogen) atoms. The Morgan fingerprint density at radius 1 is 1.12 bits per heavy atom. The molecule has 0 unspecified atom stereocenters. The summed E-state index contributed by atoms with van der Waals surface area (Å²) in [5.41, 5.74) is 10.8. The zero-order valence-electron chi connectivity index (χ0n) is 14.2. The summed E-state index contributed by atoms with van der Waals surface area (Å²) < 4.78 is 4.96. The van der Waals surface area contributed by atoms with E-state index in [0.717, 1.165) is 22.4 Å². The fourth-order valence-corrected chi connectivity index (χ4v) is 2.12. The van der Waals surface area contributed by atoms with Crippen LogP contribution in [-0.4, -0.2) is 5.91 Å². The summed E-state index contributed by atoms with van der Waals surface area (Å²) in [4.78, 5) is 12.2. The normalized spacial score (nSPS) is 11.0. The summed E-state index contributed by atoms with van der Waals surface area (Å²) in [6.07, 6.45) is 1.29. The van der Waals surface area contributed by atoms with Gasteiger partial charge in [0.05, 0.1) is 0 Å². The van der Waals surface area contributed by atoms with Crippen molar-refractivity contribution in [1.29, 1.82) is 0 Å². The molecule has 0 atom stereocenters. The number of amides is 1. The van der Waals surface area contributed by atoms with E-state index in [1.54, 1.807) is 6.92 Å². The number of nitrogens with one attached hydrogen (secondary N) is 1. The van der Waals surface area contributed by atoms with Crippen molar-refractivity contribution in [1.82, 2.24) is 0 Å². The van der Waals surface area contributed by atoms with Crippen molar-refractivity contribution < 1.29 is 9.53 Å². The molecule has 0 aliphatic heterocycles. The Morgan fingerprint density at radius 3 is 2.38 bits per heavy atom. The number of carbonyl (C=O) groups is 1. The second-order valence-corrected chi connectivity index (χ2v) is 5.73. The van der Waals surface area contributed by atoms with Crippen molar-refractivity contribution in [3.05, 3.63) is 77.9 Å². The van der Waals surface area contributed by atoms with Crippen LogP contribution < -0.4 is 11.1 Å². The summed E-state index contributed by atoms with van der Waals surface area (Å²) in [5.74, 6) is -0.208. The molecule has 3 N–H and O–H groups in total. The molecule has 0 aliphatic carbocycles. The van der Waals surface area contributed by atoms with E-state index in [-0.39, 0.29) is 11.8 Å². The molecule has 0 saturated heterocycles. The minimum absolute atomic E-state index is 0.0414. The number of rotatable bonds is 5. The molecule has 4 heteroatoms. The van der Waals surface area contributed by atoms with Crippen LogP contribution in [0.15, 0.2) is 66.8 Å². The van der Waals surface area contributed by atoms with Gasteiger partial charge in [-0.2, -0.15) is 0 Å². The first-order valence-corrected chi connectivity index (χ1v) is 7.63. The van der Waals surface area contributed by atoms with Gasteiger partial charge in [-0.15, -0.1) is 0 Å². The molecule has 0 heterocycles. The highest BCUT2D eigenvalue weighted by Gasteiger charge is 2.09. The number of aryl methyl sites for hydroxylation is 2. The summed E-state index contributed by atoms with van der Waals surface area (Å²) in [7, 11) is 0. The van der Waals surface area contributed by atoms with Crippen molar-refractivity contribution in [2.75, 3.05) is 5.32 Å². The van der Waals surface area contributed by atoms with E-state index >= 15 is 0 Å². The molecule has 0 aliphatic rings. The van der Waals surface area contributed by atoms with E-state index < -0.39 is 0 Å². The number of ether oxygens (including phenoxy) is 1. The van der Waals surface area contributed by atoms with Crippen LogP contribution in [0.5, 0.6) is 0 Å². The standard InChI is InChI=1S/C20H22N2O2/c1-13-5-8-17(9-6-13)18-10-7-14(2)19(11-18)22-20(23)15(3)12-24-16(4)21/h5-12H,4,21H2,1-3H3,(H,22,23)/b15-12+. The van der Waals surface area contributed by atoms with Gasteiger partial charge in [-0.3, -0.25) is 4.79 Å². The van der Waals surface area contributed by atoms with Crippen LogP contribution in [0.3, 0.4) is 0 Å². The second kappa shape index (κ2) is 7.51. The molecule has 2 aromatic carbocycles. The van der Waals surface area contributed by atoms with Crippen LogP contribution in [0.1, 0.15) is 18.1 Å². The largest absolute Gasteiger partial charge is 0.449 e. The molecule has 2 rings (SSSR count). The minimum atomic E-state index is -0.250. The smallest absolute Gasteiger partial charge is 0.254 e. The molecular weight excluding hydrogens is 300 g/mol. The fraction of sp³-hybridized carbons (Fsp3) is 0.150. The Morgan fingerprint density at radius 2 is 1.75 bits per heavy atom. The predicted octanol–water partition coefficient (Wildman–Crippen LogP) is 4.26. The number of benzene rings is 2. The minimum Gasteiger partial charge on any atom is -0.449 e. The van der Waals surface area contributed by atoms with Crippen LogP contribution >= 0.6 is 0 Å². The molecule has 4 nitrogen and oxygen atoms in total. The molecule has 0 spiro atoms. The highest BCUT2D eigenvalue weighted by molar-refractivity contribution is 6.03. The molecule has 1 amide bonds. The molecule has 0 bridgehead atoms. The molecule has 0 radical (unpaired) electrons. The monoisotopic (exact) mass is 322 g/mol. The van der Waals surface area contributed by atoms with Gasteiger partial charge in [0.1, 0.15) is 6.26 Å². The third-order valence-electron chi connectivity index (χ3n) is 3.62. The van der Waals surface area contributed by atoms with Crippen molar-refractivity contribution in [2.45, 2.75) is 20.8 Å². The van der Waals surface area contributed by atoms with E-state index in [2.05, 4.69) is 43.1 Å². The average molecular weight is 322 g/mol. The zero-order chi connectivity index (χ0) is 17.7. The van der Waals surface area contributed by atoms with Gasteiger partial charge in [0.2, 0.25) is 0 Å². The summed E-state index contributed by atoms with van der Waals surface area (Å²) in [6.45, 7) is 9.07. The summed E-state index contributed by atoms with van der Waals surface area (Å²) in [6, 6.07) is 14.3. The van der Waals surface area contributed by atoms with Crippen molar-refractivity contribution in [2.24, 2.45) is 5.73 Å². The van der Waals surface area contributed by atoms with Crippen LogP contribution in [-0.2, 0) is 9.53 Å². The van der Waals surface area contributed by atoms with Crippen molar-refractivity contribution >= 4 is 11.6 Å². The van der Waals surface area contributed by atoms with E-state index in [4.69, 9.17) is 10.5 Å². The maximum absolute atomic E-state index is 12.2. The Hall–Kier alpha value is -3.01. The van der Waals surface area contributed by atoms with Crippen molar-refractivity contribution in [3.8, 4) is 11.1 Å². The van der Waals surface area contributed by atoms with Gasteiger partial charge in [-0.1, -0.05) is 42.0 Å². The number of nitrogens with two attached hydrogens (primary N) is 1. The predicted molar refractivity (Wildman–Crippen MR) is 98.2 cm³/mol. The lowest BCUT2D eigenvalue weighted by Gasteiger charge is -2.11. The number of hydrogen-bond acceptors (Lipinski definition) is 3. The van der Waals surface area contributed by atoms with Gasteiger partial charge in [-0.05, 0) is 50.1 Å². The molecule has 124 valence electrons. The zero-order valence-corrected chi connectivity index (χ0v) is 14.2. The molecular formula is C20H22N2O2. The van der Waals surface area contributed by atoms with Gasteiger partial charge in [0.15, 0.2) is 5.88 Å². The van der Waals surface area contributed by atoms with E-state index in [1.807, 2.05) is 25.1 Å². The maximum atomic E-state index is 12.2. The first-order chi connectivity index (χ1) is 11.4. The van der Waals surface area contributed by atoms with Crippen LogP contribution in [0, 0.1) is 13.8 Å². The Balaban J connectivity index is 2.23. The third kappa shape index (κ3) is 4.49. The Bertz CT molecular complexity index is 790. The summed E-state index contributed by atoms with van der Waals surface area (Å²) in [5, 5.41) is 2.90. The van der Waals surface area contributed by atoms with E-state index in [1.165, 1.54) is 11.8 Å². The molecule has 2 aromatic rings.